The van der Waals surface area contributed by atoms with E-state index in [2.05, 4.69) is 25.5 Å². The van der Waals surface area contributed by atoms with Crippen LogP contribution >= 0.6 is 0 Å². The van der Waals surface area contributed by atoms with Gasteiger partial charge in [-0.05, 0) is 62.8 Å². The van der Waals surface area contributed by atoms with Crippen LogP contribution in [0.1, 0.15) is 70.2 Å². The minimum absolute atomic E-state index is 0.0486. The topological polar surface area (TPSA) is 77.4 Å². The quantitative estimate of drug-likeness (QED) is 0.787. The fourth-order valence-corrected chi connectivity index (χ4v) is 5.69. The number of pyridine rings is 1. The monoisotopic (exact) mass is 424 g/mol. The molecule has 0 spiro atoms. The Bertz CT molecular complexity index is 877. The van der Waals surface area contributed by atoms with Crippen molar-refractivity contribution in [1.82, 2.24) is 9.29 Å². The summed E-state index contributed by atoms with van der Waals surface area (Å²) in [5.74, 6) is 0.711. The Hall–Kier alpha value is -1.18. The molecule has 3 rings (SSSR count). The van der Waals surface area contributed by atoms with Crippen LogP contribution in [0.25, 0.3) is 0 Å². The zero-order valence-corrected chi connectivity index (χ0v) is 19.2. The van der Waals surface area contributed by atoms with Gasteiger partial charge in [0.2, 0.25) is 10.0 Å². The maximum absolute atomic E-state index is 12.9. The van der Waals surface area contributed by atoms with Gasteiger partial charge in [-0.2, -0.15) is 0 Å². The van der Waals surface area contributed by atoms with E-state index in [0.29, 0.717) is 36.3 Å². The minimum atomic E-state index is -3.37. The van der Waals surface area contributed by atoms with Crippen LogP contribution in [0.5, 0.6) is 0 Å². The number of aromatic nitrogens is 1. The molecule has 2 aliphatic rings. The van der Waals surface area contributed by atoms with Crippen LogP contribution in [0.4, 0.5) is 0 Å². The van der Waals surface area contributed by atoms with Crippen LogP contribution in [0.3, 0.4) is 0 Å². The third kappa shape index (κ3) is 5.50. The van der Waals surface area contributed by atoms with Gasteiger partial charge in [-0.25, -0.2) is 13.1 Å². The highest BCUT2D eigenvalue weighted by atomic mass is 32.2. The molecule has 1 aliphatic heterocycles. The normalized spacial score (nSPS) is 28.2. The summed E-state index contributed by atoms with van der Waals surface area (Å²) in [5.41, 5.74) is 1.90. The minimum Gasteiger partial charge on any atom is -0.376 e. The fraction of sp³-hybridized carbons (Fsp3) is 0.773. The molecular formula is C22H36N2O4S. The highest BCUT2D eigenvalue weighted by Crippen LogP contribution is 2.38. The Morgan fingerprint density at radius 1 is 1.14 bits per heavy atom. The van der Waals surface area contributed by atoms with E-state index in [1.807, 2.05) is 12.1 Å². The zero-order chi connectivity index (χ0) is 21.4. The maximum Gasteiger partial charge on any atom is 0.254 e. The molecule has 1 fully saturated rings. The first kappa shape index (κ1) is 22.5. The van der Waals surface area contributed by atoms with Crippen molar-refractivity contribution in [2.45, 2.75) is 84.4 Å². The second kappa shape index (κ2) is 8.52. The second-order valence-electron chi connectivity index (χ2n) is 9.96. The lowest BCUT2D eigenvalue weighted by Crippen LogP contribution is -2.49. The van der Waals surface area contributed by atoms with Crippen LogP contribution < -0.4 is 10.3 Å². The third-order valence-corrected chi connectivity index (χ3v) is 7.40. The second-order valence-corrected chi connectivity index (χ2v) is 11.7. The van der Waals surface area contributed by atoms with Gasteiger partial charge in [0.05, 0.1) is 25.0 Å². The lowest BCUT2D eigenvalue weighted by atomic mass is 9.72. The van der Waals surface area contributed by atoms with E-state index in [9.17, 15) is 13.2 Å². The Morgan fingerprint density at radius 3 is 2.38 bits per heavy atom. The van der Waals surface area contributed by atoms with Gasteiger partial charge in [-0.3, -0.25) is 4.79 Å². The molecule has 1 aliphatic carbocycles. The van der Waals surface area contributed by atoms with Crippen molar-refractivity contribution in [2.24, 2.45) is 11.3 Å². The van der Waals surface area contributed by atoms with Gasteiger partial charge in [0.15, 0.2) is 0 Å². The number of hydrogen-bond donors (Lipinski definition) is 1. The molecule has 1 N–H and O–H groups in total. The first-order valence-corrected chi connectivity index (χ1v) is 12.6. The zero-order valence-electron chi connectivity index (χ0n) is 18.4. The van der Waals surface area contributed by atoms with E-state index in [4.69, 9.17) is 4.74 Å². The van der Waals surface area contributed by atoms with E-state index < -0.39 is 10.0 Å². The Balaban J connectivity index is 1.76. The summed E-state index contributed by atoms with van der Waals surface area (Å²) in [5, 5.41) is 0. The highest BCUT2D eigenvalue weighted by Gasteiger charge is 2.34. The number of ether oxygens (including phenoxy) is 1. The molecule has 2 heterocycles. The van der Waals surface area contributed by atoms with Crippen LogP contribution in [0.2, 0.25) is 0 Å². The van der Waals surface area contributed by atoms with Gasteiger partial charge >= 0.3 is 0 Å². The van der Waals surface area contributed by atoms with E-state index in [-0.39, 0.29) is 23.7 Å². The molecular weight excluding hydrogens is 388 g/mol. The van der Waals surface area contributed by atoms with Crippen molar-refractivity contribution < 1.29 is 13.2 Å². The first-order valence-electron chi connectivity index (χ1n) is 10.8. The van der Waals surface area contributed by atoms with Crippen molar-refractivity contribution in [3.05, 3.63) is 33.7 Å². The fourth-order valence-electron chi connectivity index (χ4n) is 4.87. The summed E-state index contributed by atoms with van der Waals surface area (Å²) in [6.07, 6.45) is 7.05. The third-order valence-electron chi connectivity index (χ3n) is 6.67. The molecule has 7 heteroatoms. The number of hydrogen-bond acceptors (Lipinski definition) is 4. The number of sulfonamides is 1. The van der Waals surface area contributed by atoms with Crippen LogP contribution in [0.15, 0.2) is 16.9 Å². The molecule has 0 saturated heterocycles. The highest BCUT2D eigenvalue weighted by molar-refractivity contribution is 7.88. The molecule has 1 saturated carbocycles. The summed E-state index contributed by atoms with van der Waals surface area (Å²) in [6.45, 7) is 9.05. The average Bonchev–Trinajstić information content (AvgIpc) is 2.62. The SMILES string of the molecule is Cc1ccc2n(c1=O)C(COC1CCC(C(C)(C)C)CC1)C(NS(C)(=O)=O)CC2. The maximum atomic E-state index is 12.9. The predicted molar refractivity (Wildman–Crippen MR) is 116 cm³/mol. The van der Waals surface area contributed by atoms with E-state index in [0.717, 1.165) is 31.4 Å². The van der Waals surface area contributed by atoms with E-state index in [1.54, 1.807) is 11.5 Å². The molecule has 0 bridgehead atoms. The van der Waals surface area contributed by atoms with Crippen LogP contribution in [-0.4, -0.2) is 38.0 Å². The van der Waals surface area contributed by atoms with E-state index in [1.165, 1.54) is 6.26 Å². The molecule has 0 aromatic carbocycles. The standard InChI is InChI=1S/C22H36N2O4S/c1-15-6-9-17-10-13-19(23-29(5,26)27)20(24(17)21(15)25)14-28-18-11-7-16(8-12-18)22(2,3)4/h6,9,16,18-20,23H,7-8,10-14H2,1-5H3. The molecule has 6 nitrogen and oxygen atoms in total. The van der Waals surface area contributed by atoms with Crippen LogP contribution in [0, 0.1) is 18.3 Å². The van der Waals surface area contributed by atoms with Crippen molar-refractivity contribution in [2.75, 3.05) is 12.9 Å². The van der Waals surface area contributed by atoms with Crippen molar-refractivity contribution in [3.63, 3.8) is 0 Å². The molecule has 2 unspecified atom stereocenters. The molecule has 164 valence electrons. The van der Waals surface area contributed by atoms with Crippen molar-refractivity contribution in [1.29, 1.82) is 0 Å². The van der Waals surface area contributed by atoms with Crippen molar-refractivity contribution >= 4 is 10.0 Å². The van der Waals surface area contributed by atoms with Gasteiger partial charge in [-0.1, -0.05) is 26.8 Å². The molecule has 1 aromatic rings. The lowest BCUT2D eigenvalue weighted by Gasteiger charge is -2.39. The number of fused-ring (bicyclic) bond motifs is 1. The summed E-state index contributed by atoms with van der Waals surface area (Å²) in [7, 11) is -3.37. The number of aryl methyl sites for hydroxylation is 2. The molecule has 0 radical (unpaired) electrons. The molecule has 1 aromatic heterocycles. The Morgan fingerprint density at radius 2 is 1.79 bits per heavy atom. The summed E-state index contributed by atoms with van der Waals surface area (Å²) in [6, 6.07) is 3.18. The van der Waals surface area contributed by atoms with Crippen LogP contribution in [-0.2, 0) is 21.2 Å². The van der Waals surface area contributed by atoms with E-state index >= 15 is 0 Å². The summed E-state index contributed by atoms with van der Waals surface area (Å²) < 4.78 is 34.6. The van der Waals surface area contributed by atoms with Gasteiger partial charge in [0.25, 0.3) is 5.56 Å². The van der Waals surface area contributed by atoms with Gasteiger partial charge < -0.3 is 9.30 Å². The average molecular weight is 425 g/mol. The molecule has 0 amide bonds. The first-order chi connectivity index (χ1) is 13.5. The number of rotatable bonds is 5. The smallest absolute Gasteiger partial charge is 0.254 e. The Kier molecular flexibility index (Phi) is 6.61. The van der Waals surface area contributed by atoms with Crippen molar-refractivity contribution in [3.8, 4) is 0 Å². The molecule has 29 heavy (non-hydrogen) atoms. The number of nitrogens with zero attached hydrogens (tertiary/aromatic N) is 1. The summed E-state index contributed by atoms with van der Waals surface area (Å²) in [4.78, 5) is 12.9. The van der Waals surface area contributed by atoms with Gasteiger partial charge in [-0.15, -0.1) is 0 Å². The largest absolute Gasteiger partial charge is 0.376 e. The number of nitrogens with one attached hydrogen (secondary N) is 1. The van der Waals surface area contributed by atoms with Gasteiger partial charge in [0.1, 0.15) is 0 Å². The van der Waals surface area contributed by atoms with Gasteiger partial charge in [0, 0.05) is 17.3 Å². The summed E-state index contributed by atoms with van der Waals surface area (Å²) >= 11 is 0. The predicted octanol–water partition coefficient (Wildman–Crippen LogP) is 3.18. The lowest BCUT2D eigenvalue weighted by molar-refractivity contribution is -0.0170. The Labute approximate surface area is 175 Å². The molecule has 2 atom stereocenters.